The summed E-state index contributed by atoms with van der Waals surface area (Å²) >= 11 is 0. The van der Waals surface area contributed by atoms with Gasteiger partial charge in [0.15, 0.2) is 0 Å². The molecule has 0 saturated carbocycles. The first-order chi connectivity index (χ1) is 3.62. The van der Waals surface area contributed by atoms with Gasteiger partial charge in [0.1, 0.15) is 6.35 Å². The van der Waals surface area contributed by atoms with Crippen LogP contribution in [0.3, 0.4) is 0 Å². The lowest BCUT2D eigenvalue weighted by Crippen LogP contribution is -2.06. The molecular formula is C3H10NO3P. The first-order valence-corrected chi connectivity index (χ1v) is 3.96. The second kappa shape index (κ2) is 3.20. The van der Waals surface area contributed by atoms with Gasteiger partial charge in [-0.25, -0.2) is 5.09 Å². The number of hydrogen-bond acceptors (Lipinski definition) is 2. The Balaban J connectivity index is 3.55. The molecule has 1 unspecified atom stereocenters. The first-order valence-electron chi connectivity index (χ1n) is 2.12. The molecule has 1 atom stereocenters. The Hall–Kier alpha value is 0.110. The van der Waals surface area contributed by atoms with Gasteiger partial charge in [0.05, 0.1) is 0 Å². The maximum atomic E-state index is 10.5. The molecule has 5 heteroatoms. The lowest BCUT2D eigenvalue weighted by atomic mass is 11.5. The number of ether oxygens (including phenoxy) is 1. The van der Waals surface area contributed by atoms with Crippen molar-refractivity contribution >= 4 is 7.52 Å². The molecule has 0 amide bonds. The van der Waals surface area contributed by atoms with E-state index in [1.54, 1.807) is 0 Å². The van der Waals surface area contributed by atoms with Crippen LogP contribution in [0.25, 0.3) is 0 Å². The van der Waals surface area contributed by atoms with Gasteiger partial charge in [-0.2, -0.15) is 0 Å². The van der Waals surface area contributed by atoms with Crippen molar-refractivity contribution in [3.05, 3.63) is 0 Å². The Kier molecular flexibility index (Phi) is 3.24. The molecule has 0 bridgehead atoms. The molecule has 0 rings (SSSR count). The average Bonchev–Trinajstić information content (AvgIpc) is 1.67. The molecule has 50 valence electrons. The van der Waals surface area contributed by atoms with Gasteiger partial charge in [-0.05, 0) is 7.05 Å². The summed E-state index contributed by atoms with van der Waals surface area (Å²) in [4.78, 5) is 8.64. The van der Waals surface area contributed by atoms with Crippen LogP contribution in [0.2, 0.25) is 0 Å². The zero-order chi connectivity index (χ0) is 6.62. The molecule has 0 aromatic rings. The molecule has 0 heterocycles. The number of hydrogen-bond donors (Lipinski definition) is 2. The molecule has 0 aliphatic heterocycles. The van der Waals surface area contributed by atoms with Crippen LogP contribution in [0.1, 0.15) is 0 Å². The molecule has 8 heavy (non-hydrogen) atoms. The second-order valence-electron chi connectivity index (χ2n) is 1.34. The van der Waals surface area contributed by atoms with Crippen LogP contribution in [0.15, 0.2) is 0 Å². The van der Waals surface area contributed by atoms with Crippen molar-refractivity contribution < 1.29 is 14.2 Å². The molecular weight excluding hydrogens is 129 g/mol. The average molecular weight is 139 g/mol. The summed E-state index contributed by atoms with van der Waals surface area (Å²) in [6, 6.07) is 0. The van der Waals surface area contributed by atoms with Gasteiger partial charge in [-0.1, -0.05) is 0 Å². The highest BCUT2D eigenvalue weighted by atomic mass is 31.2. The minimum absolute atomic E-state index is 0.135. The Morgan fingerprint density at radius 2 is 2.38 bits per heavy atom. The number of nitrogens with one attached hydrogen (secondary N) is 1. The van der Waals surface area contributed by atoms with Gasteiger partial charge < -0.3 is 9.63 Å². The highest BCUT2D eigenvalue weighted by Gasteiger charge is 2.12. The van der Waals surface area contributed by atoms with Crippen molar-refractivity contribution in [3.8, 4) is 0 Å². The van der Waals surface area contributed by atoms with Crippen molar-refractivity contribution in [2.75, 3.05) is 20.5 Å². The largest absolute Gasteiger partial charge is 0.373 e. The van der Waals surface area contributed by atoms with Crippen LogP contribution in [0.5, 0.6) is 0 Å². The minimum Gasteiger partial charge on any atom is -0.373 e. The van der Waals surface area contributed by atoms with Crippen molar-refractivity contribution in [1.29, 1.82) is 0 Å². The molecule has 2 N–H and O–H groups in total. The number of methoxy groups -OCH3 is 1. The van der Waals surface area contributed by atoms with Crippen LogP contribution in [-0.4, -0.2) is 25.4 Å². The Labute approximate surface area is 48.4 Å². The van der Waals surface area contributed by atoms with E-state index in [0.717, 1.165) is 0 Å². The van der Waals surface area contributed by atoms with E-state index in [2.05, 4.69) is 9.82 Å². The monoisotopic (exact) mass is 139 g/mol. The summed E-state index contributed by atoms with van der Waals surface area (Å²) < 4.78 is 14.9. The fraction of sp³-hybridized carbons (Fsp3) is 1.00. The second-order valence-corrected chi connectivity index (χ2v) is 3.45. The third-order valence-corrected chi connectivity index (χ3v) is 1.96. The minimum atomic E-state index is -3.15. The summed E-state index contributed by atoms with van der Waals surface area (Å²) in [5, 5.41) is 2.23. The first kappa shape index (κ1) is 8.11. The van der Waals surface area contributed by atoms with Crippen molar-refractivity contribution in [1.82, 2.24) is 5.09 Å². The fourth-order valence-corrected chi connectivity index (χ4v) is 0.719. The maximum absolute atomic E-state index is 10.5. The SMILES string of the molecule is CNP(=O)(O)COC. The fourth-order valence-electron chi connectivity index (χ4n) is 0.240. The quantitative estimate of drug-likeness (QED) is 0.540. The van der Waals surface area contributed by atoms with E-state index < -0.39 is 7.52 Å². The van der Waals surface area contributed by atoms with Gasteiger partial charge in [0.2, 0.25) is 0 Å². The van der Waals surface area contributed by atoms with E-state index >= 15 is 0 Å². The normalized spacial score (nSPS) is 17.9. The van der Waals surface area contributed by atoms with Crippen molar-refractivity contribution in [2.45, 2.75) is 0 Å². The Morgan fingerprint density at radius 1 is 1.88 bits per heavy atom. The predicted octanol–water partition coefficient (Wildman–Crippen LogP) is -0.00490. The molecule has 0 aliphatic carbocycles. The standard InChI is InChI=1S/C3H10NO3P/c1-4-8(5,6)3-7-2/h3H2,1-2H3,(H2,4,5,6). The summed E-state index contributed by atoms with van der Waals surface area (Å²) in [6.07, 6.45) is -0.135. The predicted molar refractivity (Wildman–Crippen MR) is 30.8 cm³/mol. The van der Waals surface area contributed by atoms with E-state index in [0.29, 0.717) is 0 Å². The molecule has 0 aliphatic rings. The summed E-state index contributed by atoms with van der Waals surface area (Å²) in [7, 11) is -0.354. The summed E-state index contributed by atoms with van der Waals surface area (Å²) in [5.41, 5.74) is 0. The van der Waals surface area contributed by atoms with E-state index in [4.69, 9.17) is 4.89 Å². The van der Waals surface area contributed by atoms with Gasteiger partial charge in [0, 0.05) is 7.11 Å². The van der Waals surface area contributed by atoms with Crippen LogP contribution in [0.4, 0.5) is 0 Å². The van der Waals surface area contributed by atoms with E-state index in [1.807, 2.05) is 0 Å². The van der Waals surface area contributed by atoms with Gasteiger partial charge in [0.25, 0.3) is 7.52 Å². The van der Waals surface area contributed by atoms with Crippen molar-refractivity contribution in [2.24, 2.45) is 0 Å². The topological polar surface area (TPSA) is 58.6 Å². The van der Waals surface area contributed by atoms with E-state index in [-0.39, 0.29) is 6.35 Å². The summed E-state index contributed by atoms with van der Waals surface area (Å²) in [6.45, 7) is 0. The third-order valence-electron chi connectivity index (χ3n) is 0.653. The maximum Gasteiger partial charge on any atom is 0.292 e. The summed E-state index contributed by atoms with van der Waals surface area (Å²) in [5.74, 6) is 0. The van der Waals surface area contributed by atoms with E-state index in [1.165, 1.54) is 14.2 Å². The molecule has 0 aromatic heterocycles. The molecule has 0 saturated heterocycles. The zero-order valence-corrected chi connectivity index (χ0v) is 5.81. The Morgan fingerprint density at radius 3 is 2.50 bits per heavy atom. The lowest BCUT2D eigenvalue weighted by molar-refractivity contribution is 0.235. The van der Waals surface area contributed by atoms with Gasteiger partial charge >= 0.3 is 0 Å². The van der Waals surface area contributed by atoms with Gasteiger partial charge in [-0.15, -0.1) is 0 Å². The Bertz CT molecular complexity index is 105. The van der Waals surface area contributed by atoms with Crippen molar-refractivity contribution in [3.63, 3.8) is 0 Å². The molecule has 4 nitrogen and oxygen atoms in total. The highest BCUT2D eigenvalue weighted by molar-refractivity contribution is 7.55. The van der Waals surface area contributed by atoms with Crippen LogP contribution in [0, 0.1) is 0 Å². The highest BCUT2D eigenvalue weighted by Crippen LogP contribution is 2.32. The molecule has 0 fully saturated rings. The molecule has 0 aromatic carbocycles. The van der Waals surface area contributed by atoms with Crippen LogP contribution in [-0.2, 0) is 9.30 Å². The van der Waals surface area contributed by atoms with E-state index in [9.17, 15) is 4.57 Å². The third kappa shape index (κ3) is 3.16. The lowest BCUT2D eigenvalue weighted by Gasteiger charge is -2.06. The molecule has 0 spiro atoms. The number of rotatable bonds is 3. The van der Waals surface area contributed by atoms with Gasteiger partial charge in [-0.3, -0.25) is 4.57 Å². The zero-order valence-electron chi connectivity index (χ0n) is 4.92. The van der Waals surface area contributed by atoms with Crippen LogP contribution >= 0.6 is 7.52 Å². The molecule has 0 radical (unpaired) electrons. The van der Waals surface area contributed by atoms with Crippen LogP contribution < -0.4 is 5.09 Å². The smallest absolute Gasteiger partial charge is 0.292 e.